The van der Waals surface area contributed by atoms with Crippen LogP contribution in [-0.2, 0) is 4.79 Å². The first-order valence-electron chi connectivity index (χ1n) is 8.58. The van der Waals surface area contributed by atoms with Gasteiger partial charge in [0, 0.05) is 23.1 Å². The lowest BCUT2D eigenvalue weighted by molar-refractivity contribution is -0.198. The van der Waals surface area contributed by atoms with E-state index >= 15 is 0 Å². The summed E-state index contributed by atoms with van der Waals surface area (Å²) in [5.74, 6) is -2.99. The lowest BCUT2D eigenvalue weighted by atomic mass is 9.56. The minimum Gasteiger partial charge on any atom is -0.508 e. The molecule has 0 amide bonds. The number of aliphatic hydroxyl groups excluding tert-OH is 3. The Hall–Kier alpha value is -2.06. The largest absolute Gasteiger partial charge is 0.508 e. The SMILES string of the molecule is C[C@@H]1CC(=O)C2=C(C1)[C@H](O)[C@@H](O)[C@@]1(O)[C@H]2C(=O)c2cccc(O)c2[C@@H]1O. The van der Waals surface area contributed by atoms with Crippen LogP contribution in [0.4, 0.5) is 0 Å². The molecule has 5 N–H and O–H groups in total. The number of aliphatic hydroxyl groups is 4. The molecule has 0 unspecified atom stereocenters. The van der Waals surface area contributed by atoms with Crippen molar-refractivity contribution in [1.82, 2.24) is 0 Å². The maximum absolute atomic E-state index is 13.1. The van der Waals surface area contributed by atoms with Gasteiger partial charge in [-0.15, -0.1) is 0 Å². The lowest BCUT2D eigenvalue weighted by Gasteiger charge is -2.52. The molecule has 0 saturated carbocycles. The summed E-state index contributed by atoms with van der Waals surface area (Å²) in [6.45, 7) is 1.83. The Morgan fingerprint density at radius 1 is 1.12 bits per heavy atom. The summed E-state index contributed by atoms with van der Waals surface area (Å²) < 4.78 is 0. The highest BCUT2D eigenvalue weighted by Gasteiger charge is 2.64. The van der Waals surface area contributed by atoms with Gasteiger partial charge in [0.1, 0.15) is 29.7 Å². The topological polar surface area (TPSA) is 135 Å². The van der Waals surface area contributed by atoms with Crippen molar-refractivity contribution in [2.75, 3.05) is 0 Å². The zero-order valence-electron chi connectivity index (χ0n) is 14.1. The van der Waals surface area contributed by atoms with Crippen molar-refractivity contribution in [3.63, 3.8) is 0 Å². The third-order valence-corrected chi connectivity index (χ3v) is 5.95. The minimum atomic E-state index is -2.50. The number of phenolic OH excluding ortho intramolecular Hbond substituents is 1. The summed E-state index contributed by atoms with van der Waals surface area (Å²) in [6.07, 6.45) is -4.82. The summed E-state index contributed by atoms with van der Waals surface area (Å²) in [5, 5.41) is 53.2. The van der Waals surface area contributed by atoms with E-state index in [0.29, 0.717) is 6.42 Å². The van der Waals surface area contributed by atoms with Gasteiger partial charge in [0.25, 0.3) is 0 Å². The van der Waals surface area contributed by atoms with Gasteiger partial charge in [0.15, 0.2) is 11.6 Å². The lowest BCUT2D eigenvalue weighted by Crippen LogP contribution is -2.66. The molecule has 7 heteroatoms. The Morgan fingerprint density at radius 3 is 2.50 bits per heavy atom. The van der Waals surface area contributed by atoms with Gasteiger partial charge < -0.3 is 25.5 Å². The molecule has 6 atom stereocenters. The van der Waals surface area contributed by atoms with Gasteiger partial charge in [-0.2, -0.15) is 0 Å². The van der Waals surface area contributed by atoms with Crippen molar-refractivity contribution >= 4 is 11.6 Å². The van der Waals surface area contributed by atoms with Gasteiger partial charge in [-0.25, -0.2) is 0 Å². The van der Waals surface area contributed by atoms with Crippen LogP contribution in [0, 0.1) is 11.8 Å². The van der Waals surface area contributed by atoms with E-state index in [1.165, 1.54) is 18.2 Å². The number of aromatic hydroxyl groups is 1. The third kappa shape index (κ3) is 1.97. The van der Waals surface area contributed by atoms with Crippen molar-refractivity contribution < 1.29 is 35.1 Å². The van der Waals surface area contributed by atoms with E-state index in [2.05, 4.69) is 0 Å². The molecular weight excluding hydrogens is 340 g/mol. The minimum absolute atomic E-state index is 0.00552. The van der Waals surface area contributed by atoms with E-state index in [1.54, 1.807) is 0 Å². The maximum atomic E-state index is 13.1. The second-order valence-corrected chi connectivity index (χ2v) is 7.59. The third-order valence-electron chi connectivity index (χ3n) is 5.95. The van der Waals surface area contributed by atoms with Crippen LogP contribution >= 0.6 is 0 Å². The number of carbonyl (C=O) groups excluding carboxylic acids is 2. The van der Waals surface area contributed by atoms with Crippen molar-refractivity contribution in [2.45, 2.75) is 43.7 Å². The second kappa shape index (κ2) is 5.47. The second-order valence-electron chi connectivity index (χ2n) is 7.59. The van der Waals surface area contributed by atoms with Gasteiger partial charge in [0.2, 0.25) is 0 Å². The predicted octanol–water partition coefficient (Wildman–Crippen LogP) is 0.000200. The van der Waals surface area contributed by atoms with Gasteiger partial charge in [-0.3, -0.25) is 9.59 Å². The average Bonchev–Trinajstić information content (AvgIpc) is 2.58. The Bertz CT molecular complexity index is 857. The van der Waals surface area contributed by atoms with Gasteiger partial charge in [-0.1, -0.05) is 19.1 Å². The van der Waals surface area contributed by atoms with Crippen molar-refractivity contribution in [1.29, 1.82) is 0 Å². The Balaban J connectivity index is 2.01. The number of ketones is 2. The fourth-order valence-electron chi connectivity index (χ4n) is 4.74. The summed E-state index contributed by atoms with van der Waals surface area (Å²) in [4.78, 5) is 25.8. The van der Waals surface area contributed by atoms with Gasteiger partial charge in [-0.05, 0) is 24.0 Å². The fraction of sp³-hybridized carbons (Fsp3) is 0.474. The molecule has 0 heterocycles. The number of fused-ring (bicyclic) bond motifs is 3. The number of phenols is 1. The first kappa shape index (κ1) is 17.4. The smallest absolute Gasteiger partial charge is 0.174 e. The van der Waals surface area contributed by atoms with E-state index in [4.69, 9.17) is 0 Å². The van der Waals surface area contributed by atoms with Gasteiger partial charge >= 0.3 is 0 Å². The molecule has 1 aromatic rings. The molecule has 7 nitrogen and oxygen atoms in total. The number of rotatable bonds is 0. The van der Waals surface area contributed by atoms with E-state index < -0.39 is 41.4 Å². The van der Waals surface area contributed by atoms with Crippen molar-refractivity contribution in [2.24, 2.45) is 11.8 Å². The Morgan fingerprint density at radius 2 is 1.81 bits per heavy atom. The molecule has 0 aromatic heterocycles. The Kier molecular flexibility index (Phi) is 3.65. The van der Waals surface area contributed by atoms with Crippen LogP contribution in [0.5, 0.6) is 5.75 Å². The zero-order valence-corrected chi connectivity index (χ0v) is 14.1. The van der Waals surface area contributed by atoms with E-state index in [-0.39, 0.29) is 40.4 Å². The summed E-state index contributed by atoms with van der Waals surface area (Å²) >= 11 is 0. The number of Topliss-reactive ketones (excluding diaryl/α,β-unsaturated/α-hetero) is 2. The first-order chi connectivity index (χ1) is 12.2. The first-order valence-corrected chi connectivity index (χ1v) is 8.58. The van der Waals surface area contributed by atoms with Crippen LogP contribution in [0.3, 0.4) is 0 Å². The van der Waals surface area contributed by atoms with Crippen LogP contribution in [0.25, 0.3) is 0 Å². The van der Waals surface area contributed by atoms with Crippen molar-refractivity contribution in [3.05, 3.63) is 40.5 Å². The molecule has 3 aliphatic rings. The molecule has 4 rings (SSSR count). The van der Waals surface area contributed by atoms with Gasteiger partial charge in [0.05, 0.1) is 5.92 Å². The normalized spacial score (nSPS) is 39.3. The number of carbonyl (C=O) groups is 2. The molecule has 0 saturated heterocycles. The van der Waals surface area contributed by atoms with Crippen LogP contribution < -0.4 is 0 Å². The van der Waals surface area contributed by atoms with E-state index in [1.807, 2.05) is 6.92 Å². The monoisotopic (exact) mass is 360 g/mol. The maximum Gasteiger partial charge on any atom is 0.174 e. The zero-order chi connectivity index (χ0) is 19.0. The van der Waals surface area contributed by atoms with E-state index in [0.717, 1.165) is 0 Å². The van der Waals surface area contributed by atoms with E-state index in [9.17, 15) is 35.1 Å². The van der Waals surface area contributed by atoms with Crippen LogP contribution in [0.1, 0.15) is 41.8 Å². The molecule has 0 fully saturated rings. The highest BCUT2D eigenvalue weighted by molar-refractivity contribution is 6.11. The highest BCUT2D eigenvalue weighted by atomic mass is 16.4. The Labute approximate surface area is 149 Å². The summed E-state index contributed by atoms with van der Waals surface area (Å²) in [7, 11) is 0. The average molecular weight is 360 g/mol. The summed E-state index contributed by atoms with van der Waals surface area (Å²) in [5.41, 5.74) is -2.48. The molecule has 0 bridgehead atoms. The molecule has 138 valence electrons. The number of hydrogen-bond donors (Lipinski definition) is 5. The standard InChI is InChI=1S/C19H20O7/c1-7-5-9-12(11(21)6-7)14-15(22)8-3-2-4-10(20)13(8)17(24)19(14,26)18(25)16(9)23/h2-4,7,14,16-18,20,23-26H,5-6H2,1H3/t7-,14+,16-,17-,18+,19+/m0/s1. The van der Waals surface area contributed by atoms with Crippen LogP contribution in [0.2, 0.25) is 0 Å². The fourth-order valence-corrected chi connectivity index (χ4v) is 4.74. The van der Waals surface area contributed by atoms with Crippen LogP contribution in [0.15, 0.2) is 29.3 Å². The molecule has 0 radical (unpaired) electrons. The molecular formula is C19H20O7. The van der Waals surface area contributed by atoms with Crippen molar-refractivity contribution in [3.8, 4) is 5.75 Å². The molecule has 26 heavy (non-hydrogen) atoms. The highest BCUT2D eigenvalue weighted by Crippen LogP contribution is 2.54. The molecule has 0 aliphatic heterocycles. The molecule has 0 spiro atoms. The molecule has 3 aliphatic carbocycles. The molecule has 1 aromatic carbocycles. The summed E-state index contributed by atoms with van der Waals surface area (Å²) in [6, 6.07) is 4.08. The van der Waals surface area contributed by atoms with Crippen LogP contribution in [-0.4, -0.2) is 54.9 Å². The number of benzene rings is 1. The quantitative estimate of drug-likeness (QED) is 0.439. The predicted molar refractivity (Wildman–Crippen MR) is 88.3 cm³/mol. The number of hydrogen-bond acceptors (Lipinski definition) is 7.